The lowest BCUT2D eigenvalue weighted by Crippen LogP contribution is -2.53. The monoisotopic (exact) mass is 243 g/mol. The minimum atomic E-state index is -0.986. The van der Waals surface area contributed by atoms with Crippen LogP contribution in [0.25, 0.3) is 0 Å². The lowest BCUT2D eigenvalue weighted by molar-refractivity contribution is -0.139. The molecule has 6 nitrogen and oxygen atoms in total. The number of nitrogens with zero attached hydrogens (tertiary/aromatic N) is 1. The summed E-state index contributed by atoms with van der Waals surface area (Å²) < 4.78 is 0. The second-order valence-electron chi connectivity index (χ2n) is 4.31. The second-order valence-corrected chi connectivity index (χ2v) is 4.31. The smallest absolute Gasteiger partial charge is 0.330 e. The molecule has 0 unspecified atom stereocenters. The number of carboxylic acid groups (broad SMARTS) is 1. The van der Waals surface area contributed by atoms with Gasteiger partial charge in [0, 0.05) is 13.1 Å². The third-order valence-corrected chi connectivity index (χ3v) is 2.80. The average Bonchev–Trinajstić information content (AvgIpc) is 2.29. The predicted molar refractivity (Wildman–Crippen MR) is 63.4 cm³/mol. The van der Waals surface area contributed by atoms with E-state index in [1.54, 1.807) is 0 Å². The molecular formula is C11H21N3O3. The van der Waals surface area contributed by atoms with E-state index in [9.17, 15) is 9.59 Å². The van der Waals surface area contributed by atoms with Crippen LogP contribution in [-0.2, 0) is 4.79 Å². The third-order valence-electron chi connectivity index (χ3n) is 2.80. The molecule has 1 rings (SSSR count). The van der Waals surface area contributed by atoms with E-state index in [2.05, 4.69) is 10.7 Å². The highest BCUT2D eigenvalue weighted by Gasteiger charge is 2.20. The fourth-order valence-electron chi connectivity index (χ4n) is 1.89. The minimum absolute atomic E-state index is 0.423. The van der Waals surface area contributed by atoms with Crippen molar-refractivity contribution in [3.8, 4) is 0 Å². The topological polar surface area (TPSA) is 81.7 Å². The van der Waals surface area contributed by atoms with Gasteiger partial charge in [0.1, 0.15) is 6.04 Å². The molecule has 0 aromatic carbocycles. The van der Waals surface area contributed by atoms with E-state index in [-0.39, 0.29) is 0 Å². The van der Waals surface area contributed by atoms with Gasteiger partial charge in [0.2, 0.25) is 0 Å². The van der Waals surface area contributed by atoms with Gasteiger partial charge in [0.25, 0.3) is 0 Å². The van der Waals surface area contributed by atoms with E-state index in [4.69, 9.17) is 5.11 Å². The molecule has 98 valence electrons. The molecule has 0 bridgehead atoms. The summed E-state index contributed by atoms with van der Waals surface area (Å²) in [4.78, 5) is 22.4. The van der Waals surface area contributed by atoms with Gasteiger partial charge in [-0.15, -0.1) is 0 Å². The summed E-state index contributed by atoms with van der Waals surface area (Å²) in [5, 5.41) is 13.2. The van der Waals surface area contributed by atoms with Crippen molar-refractivity contribution in [2.24, 2.45) is 0 Å². The maximum absolute atomic E-state index is 11.6. The summed E-state index contributed by atoms with van der Waals surface area (Å²) in [6.07, 6.45) is 4.49. The van der Waals surface area contributed by atoms with Gasteiger partial charge in [-0.25, -0.2) is 14.6 Å². The van der Waals surface area contributed by atoms with Crippen LogP contribution < -0.4 is 10.7 Å². The van der Waals surface area contributed by atoms with Crippen molar-refractivity contribution in [2.75, 3.05) is 13.1 Å². The first-order valence-electron chi connectivity index (χ1n) is 6.18. The first kappa shape index (κ1) is 13.8. The van der Waals surface area contributed by atoms with Gasteiger partial charge >= 0.3 is 12.0 Å². The van der Waals surface area contributed by atoms with Crippen LogP contribution in [0.15, 0.2) is 0 Å². The number of rotatable bonds is 5. The zero-order valence-electron chi connectivity index (χ0n) is 10.2. The molecule has 0 saturated carbocycles. The van der Waals surface area contributed by atoms with E-state index < -0.39 is 18.0 Å². The van der Waals surface area contributed by atoms with E-state index in [0.29, 0.717) is 6.42 Å². The van der Waals surface area contributed by atoms with Crippen molar-refractivity contribution in [3.63, 3.8) is 0 Å². The second kappa shape index (κ2) is 7.11. The lowest BCUT2D eigenvalue weighted by Gasteiger charge is -2.27. The predicted octanol–water partition coefficient (Wildman–Crippen LogP) is 0.940. The van der Waals surface area contributed by atoms with E-state index in [0.717, 1.165) is 32.4 Å². The van der Waals surface area contributed by atoms with Crippen LogP contribution in [-0.4, -0.2) is 41.2 Å². The Balaban J connectivity index is 2.33. The molecule has 1 atom stereocenters. The number of hydrazine groups is 1. The molecule has 1 heterocycles. The first-order valence-corrected chi connectivity index (χ1v) is 6.18. The molecule has 1 aliphatic heterocycles. The van der Waals surface area contributed by atoms with Crippen LogP contribution in [0.3, 0.4) is 0 Å². The Bertz CT molecular complexity index is 265. The van der Waals surface area contributed by atoms with Crippen molar-refractivity contribution in [2.45, 2.75) is 45.1 Å². The molecule has 0 aliphatic carbocycles. The molecule has 0 aromatic rings. The Morgan fingerprint density at radius 1 is 1.29 bits per heavy atom. The summed E-state index contributed by atoms with van der Waals surface area (Å²) >= 11 is 0. The third kappa shape index (κ3) is 5.04. The molecule has 17 heavy (non-hydrogen) atoms. The average molecular weight is 243 g/mol. The van der Waals surface area contributed by atoms with E-state index in [1.165, 1.54) is 6.42 Å². The fraction of sp³-hybridized carbons (Fsp3) is 0.818. The number of amides is 2. The lowest BCUT2D eigenvalue weighted by atomic mass is 10.2. The van der Waals surface area contributed by atoms with Crippen LogP contribution >= 0.6 is 0 Å². The molecule has 1 saturated heterocycles. The number of aliphatic carboxylic acids is 1. The Hall–Kier alpha value is -1.30. The normalized spacial score (nSPS) is 18.4. The standard InChI is InChI=1S/C11H21N3O3/c1-2-6-9(10(15)16)12-11(17)13-14-7-4-3-5-8-14/h9H,2-8H2,1H3,(H,15,16)(H2,12,13,17)/t9-/m0/s1. The Labute approximate surface area is 101 Å². The van der Waals surface area contributed by atoms with Gasteiger partial charge in [-0.3, -0.25) is 5.43 Å². The van der Waals surface area contributed by atoms with Gasteiger partial charge in [-0.2, -0.15) is 0 Å². The number of carbonyl (C=O) groups excluding carboxylic acids is 1. The van der Waals surface area contributed by atoms with Gasteiger partial charge in [0.05, 0.1) is 0 Å². The summed E-state index contributed by atoms with van der Waals surface area (Å²) in [5.74, 6) is -0.986. The largest absolute Gasteiger partial charge is 0.480 e. The van der Waals surface area contributed by atoms with Gasteiger partial charge < -0.3 is 10.4 Å². The Morgan fingerprint density at radius 3 is 2.47 bits per heavy atom. The summed E-state index contributed by atoms with van der Waals surface area (Å²) in [5.41, 5.74) is 2.68. The molecule has 2 amide bonds. The van der Waals surface area contributed by atoms with Crippen LogP contribution in [0.5, 0.6) is 0 Å². The molecule has 1 fully saturated rings. The van der Waals surface area contributed by atoms with Crippen LogP contribution in [0, 0.1) is 0 Å². The van der Waals surface area contributed by atoms with Crippen LogP contribution in [0.2, 0.25) is 0 Å². The van der Waals surface area contributed by atoms with Gasteiger partial charge in [0.15, 0.2) is 0 Å². The van der Waals surface area contributed by atoms with Crippen molar-refractivity contribution >= 4 is 12.0 Å². The number of piperidine rings is 1. The summed E-state index contributed by atoms with van der Waals surface area (Å²) in [7, 11) is 0. The summed E-state index contributed by atoms with van der Waals surface area (Å²) in [6, 6.07) is -1.22. The maximum Gasteiger partial charge on any atom is 0.330 e. The highest BCUT2D eigenvalue weighted by molar-refractivity contribution is 5.82. The van der Waals surface area contributed by atoms with Gasteiger partial charge in [-0.1, -0.05) is 19.8 Å². The minimum Gasteiger partial charge on any atom is -0.480 e. The summed E-state index contributed by atoms with van der Waals surface area (Å²) in [6.45, 7) is 3.55. The number of hydrogen-bond acceptors (Lipinski definition) is 3. The number of nitrogens with one attached hydrogen (secondary N) is 2. The highest BCUT2D eigenvalue weighted by atomic mass is 16.4. The number of urea groups is 1. The Kier molecular flexibility index (Phi) is 5.76. The van der Waals surface area contributed by atoms with Crippen molar-refractivity contribution in [1.82, 2.24) is 15.8 Å². The number of carboxylic acids is 1. The molecule has 6 heteroatoms. The zero-order chi connectivity index (χ0) is 12.7. The van der Waals surface area contributed by atoms with E-state index >= 15 is 0 Å². The number of hydrogen-bond donors (Lipinski definition) is 3. The quantitative estimate of drug-likeness (QED) is 0.671. The van der Waals surface area contributed by atoms with Crippen molar-refractivity contribution < 1.29 is 14.7 Å². The maximum atomic E-state index is 11.6. The number of carbonyl (C=O) groups is 2. The molecule has 1 aliphatic rings. The van der Waals surface area contributed by atoms with Crippen molar-refractivity contribution in [3.05, 3.63) is 0 Å². The van der Waals surface area contributed by atoms with Crippen LogP contribution in [0.4, 0.5) is 4.79 Å². The SMILES string of the molecule is CCC[C@H](NC(=O)NN1CCCCC1)C(=O)O. The highest BCUT2D eigenvalue weighted by Crippen LogP contribution is 2.05. The first-order chi connectivity index (χ1) is 8.13. The van der Waals surface area contributed by atoms with E-state index in [1.807, 2.05) is 11.9 Å². The molecule has 3 N–H and O–H groups in total. The van der Waals surface area contributed by atoms with Gasteiger partial charge in [-0.05, 0) is 19.3 Å². The molecular weight excluding hydrogens is 222 g/mol. The molecule has 0 aromatic heterocycles. The molecule has 0 spiro atoms. The van der Waals surface area contributed by atoms with Crippen LogP contribution in [0.1, 0.15) is 39.0 Å². The van der Waals surface area contributed by atoms with Crippen molar-refractivity contribution in [1.29, 1.82) is 0 Å². The Morgan fingerprint density at radius 2 is 1.94 bits per heavy atom. The zero-order valence-corrected chi connectivity index (χ0v) is 10.2. The fourth-order valence-corrected chi connectivity index (χ4v) is 1.89. The molecule has 0 radical (unpaired) electrons.